The number of sulfonamides is 1. The summed E-state index contributed by atoms with van der Waals surface area (Å²) in [5.74, 6) is 0. The van der Waals surface area contributed by atoms with Crippen molar-refractivity contribution in [1.29, 1.82) is 0 Å². The van der Waals surface area contributed by atoms with Crippen LogP contribution in [0.1, 0.15) is 18.4 Å². The van der Waals surface area contributed by atoms with E-state index in [9.17, 15) is 8.42 Å². The zero-order chi connectivity index (χ0) is 14.0. The van der Waals surface area contributed by atoms with E-state index in [0.29, 0.717) is 11.4 Å². The van der Waals surface area contributed by atoms with Crippen molar-refractivity contribution < 1.29 is 8.42 Å². The van der Waals surface area contributed by atoms with E-state index in [4.69, 9.17) is 0 Å². The van der Waals surface area contributed by atoms with Crippen LogP contribution < -0.4 is 4.31 Å². The number of hydrogen-bond donors (Lipinski definition) is 0. The summed E-state index contributed by atoms with van der Waals surface area (Å²) in [6, 6.07) is 16.5. The SMILES string of the molecule is O=S(=O)(c1ccccc1)N1CCCCc2ccccc21. The Morgan fingerprint density at radius 2 is 1.55 bits per heavy atom. The molecule has 0 aliphatic carbocycles. The smallest absolute Gasteiger partial charge is 0.264 e. The maximum absolute atomic E-state index is 12.8. The first-order valence-corrected chi connectivity index (χ1v) is 8.29. The minimum absolute atomic E-state index is 0.358. The van der Waals surface area contributed by atoms with Crippen molar-refractivity contribution in [2.45, 2.75) is 24.2 Å². The summed E-state index contributed by atoms with van der Waals surface area (Å²) >= 11 is 0. The molecular formula is C16H17NO2S. The lowest BCUT2D eigenvalue weighted by atomic mass is 10.1. The average Bonchev–Trinajstić information content (AvgIpc) is 2.71. The molecular weight excluding hydrogens is 270 g/mol. The van der Waals surface area contributed by atoms with Crippen LogP contribution in [0, 0.1) is 0 Å². The van der Waals surface area contributed by atoms with Crippen LogP contribution in [-0.4, -0.2) is 15.0 Å². The topological polar surface area (TPSA) is 37.4 Å². The van der Waals surface area contributed by atoms with Gasteiger partial charge in [-0.15, -0.1) is 0 Å². The van der Waals surface area contributed by atoms with Gasteiger partial charge in [-0.2, -0.15) is 0 Å². The Hall–Kier alpha value is -1.81. The Morgan fingerprint density at radius 1 is 0.850 bits per heavy atom. The number of fused-ring (bicyclic) bond motifs is 1. The fraction of sp³-hybridized carbons (Fsp3) is 0.250. The first-order chi connectivity index (χ1) is 9.69. The van der Waals surface area contributed by atoms with Gasteiger partial charge in [-0.05, 0) is 43.0 Å². The van der Waals surface area contributed by atoms with Gasteiger partial charge < -0.3 is 0 Å². The van der Waals surface area contributed by atoms with Crippen LogP contribution in [0.5, 0.6) is 0 Å². The second kappa shape index (κ2) is 5.29. The second-order valence-electron chi connectivity index (χ2n) is 4.98. The lowest BCUT2D eigenvalue weighted by molar-refractivity contribution is 0.589. The third kappa shape index (κ3) is 2.31. The van der Waals surface area contributed by atoms with Crippen molar-refractivity contribution in [3.05, 3.63) is 60.2 Å². The van der Waals surface area contributed by atoms with Crippen LogP contribution >= 0.6 is 0 Å². The van der Waals surface area contributed by atoms with E-state index < -0.39 is 10.0 Å². The molecule has 3 nitrogen and oxygen atoms in total. The van der Waals surface area contributed by atoms with Gasteiger partial charge in [0.2, 0.25) is 0 Å². The molecule has 0 atom stereocenters. The Balaban J connectivity index is 2.10. The van der Waals surface area contributed by atoms with E-state index in [-0.39, 0.29) is 0 Å². The number of anilines is 1. The van der Waals surface area contributed by atoms with Gasteiger partial charge in [0.15, 0.2) is 0 Å². The summed E-state index contributed by atoms with van der Waals surface area (Å²) in [4.78, 5) is 0.358. The highest BCUT2D eigenvalue weighted by molar-refractivity contribution is 7.92. The summed E-state index contributed by atoms with van der Waals surface area (Å²) in [5, 5.41) is 0. The summed E-state index contributed by atoms with van der Waals surface area (Å²) < 4.78 is 27.2. The van der Waals surface area contributed by atoms with Crippen molar-refractivity contribution in [2.75, 3.05) is 10.8 Å². The first kappa shape index (κ1) is 13.2. The van der Waals surface area contributed by atoms with Crippen LogP contribution in [0.4, 0.5) is 5.69 Å². The number of nitrogens with zero attached hydrogens (tertiary/aromatic N) is 1. The Morgan fingerprint density at radius 3 is 2.35 bits per heavy atom. The Kier molecular flexibility index (Phi) is 3.49. The van der Waals surface area contributed by atoms with Gasteiger partial charge in [0.1, 0.15) is 0 Å². The summed E-state index contributed by atoms with van der Waals surface area (Å²) in [5.41, 5.74) is 1.94. The molecule has 0 amide bonds. The molecule has 2 aromatic rings. The monoisotopic (exact) mass is 287 g/mol. The summed E-state index contributed by atoms with van der Waals surface area (Å²) in [6.07, 6.45) is 2.86. The number of hydrogen-bond acceptors (Lipinski definition) is 2. The van der Waals surface area contributed by atoms with Crippen LogP contribution in [0.25, 0.3) is 0 Å². The molecule has 0 N–H and O–H groups in total. The highest BCUT2D eigenvalue weighted by atomic mass is 32.2. The lowest BCUT2D eigenvalue weighted by Crippen LogP contribution is -2.31. The molecule has 0 saturated carbocycles. The van der Waals surface area contributed by atoms with Crippen molar-refractivity contribution >= 4 is 15.7 Å². The molecule has 104 valence electrons. The fourth-order valence-corrected chi connectivity index (χ4v) is 4.19. The molecule has 0 radical (unpaired) electrons. The standard InChI is InChI=1S/C16H17NO2S/c18-20(19,15-10-2-1-3-11-15)17-13-7-6-9-14-8-4-5-12-16(14)17/h1-5,8,10-12H,6-7,9,13H2. The third-order valence-electron chi connectivity index (χ3n) is 3.65. The molecule has 20 heavy (non-hydrogen) atoms. The van der Waals surface area contributed by atoms with Crippen molar-refractivity contribution in [3.8, 4) is 0 Å². The minimum atomic E-state index is -3.47. The molecule has 1 aliphatic rings. The number of rotatable bonds is 2. The molecule has 0 fully saturated rings. The summed E-state index contributed by atoms with van der Waals surface area (Å²) in [7, 11) is -3.47. The van der Waals surface area contributed by atoms with Gasteiger partial charge in [-0.25, -0.2) is 8.42 Å². The molecule has 0 unspecified atom stereocenters. The number of para-hydroxylation sites is 1. The molecule has 4 heteroatoms. The van der Waals surface area contributed by atoms with Gasteiger partial charge in [-0.3, -0.25) is 4.31 Å². The van der Waals surface area contributed by atoms with Crippen molar-refractivity contribution in [2.24, 2.45) is 0 Å². The molecule has 0 spiro atoms. The largest absolute Gasteiger partial charge is 0.266 e. The molecule has 3 rings (SSSR count). The quantitative estimate of drug-likeness (QED) is 0.850. The van der Waals surface area contributed by atoms with E-state index in [0.717, 1.165) is 30.5 Å². The van der Waals surface area contributed by atoms with E-state index in [1.54, 1.807) is 28.6 Å². The molecule has 0 saturated heterocycles. The highest BCUT2D eigenvalue weighted by Gasteiger charge is 2.27. The van der Waals surface area contributed by atoms with Crippen LogP contribution in [0.3, 0.4) is 0 Å². The zero-order valence-corrected chi connectivity index (χ0v) is 12.0. The van der Waals surface area contributed by atoms with Crippen LogP contribution in [0.2, 0.25) is 0 Å². The van der Waals surface area contributed by atoms with Crippen molar-refractivity contribution in [3.63, 3.8) is 0 Å². The van der Waals surface area contributed by atoms with E-state index in [1.165, 1.54) is 0 Å². The molecule has 2 aromatic carbocycles. The van der Waals surface area contributed by atoms with Crippen LogP contribution in [-0.2, 0) is 16.4 Å². The number of benzene rings is 2. The molecule has 0 bridgehead atoms. The van der Waals surface area contributed by atoms with Gasteiger partial charge in [0, 0.05) is 6.54 Å². The van der Waals surface area contributed by atoms with Gasteiger partial charge in [0.25, 0.3) is 10.0 Å². The third-order valence-corrected chi connectivity index (χ3v) is 5.48. The molecule has 1 aliphatic heterocycles. The fourth-order valence-electron chi connectivity index (χ4n) is 2.63. The Bertz CT molecular complexity index is 695. The maximum atomic E-state index is 12.8. The van der Waals surface area contributed by atoms with E-state index in [1.807, 2.05) is 30.3 Å². The van der Waals surface area contributed by atoms with Crippen LogP contribution in [0.15, 0.2) is 59.5 Å². The van der Waals surface area contributed by atoms with Gasteiger partial charge >= 0.3 is 0 Å². The average molecular weight is 287 g/mol. The lowest BCUT2D eigenvalue weighted by Gasteiger charge is -2.24. The zero-order valence-electron chi connectivity index (χ0n) is 11.2. The molecule has 0 aromatic heterocycles. The van der Waals surface area contributed by atoms with Gasteiger partial charge in [-0.1, -0.05) is 36.4 Å². The maximum Gasteiger partial charge on any atom is 0.264 e. The first-order valence-electron chi connectivity index (χ1n) is 6.85. The van der Waals surface area contributed by atoms with E-state index >= 15 is 0 Å². The predicted molar refractivity (Wildman–Crippen MR) is 80.4 cm³/mol. The second-order valence-corrected chi connectivity index (χ2v) is 6.84. The number of aryl methyl sites for hydroxylation is 1. The van der Waals surface area contributed by atoms with E-state index in [2.05, 4.69) is 0 Å². The highest BCUT2D eigenvalue weighted by Crippen LogP contribution is 2.30. The van der Waals surface area contributed by atoms with Gasteiger partial charge in [0.05, 0.1) is 10.6 Å². The Labute approximate surface area is 119 Å². The molecule has 1 heterocycles. The van der Waals surface area contributed by atoms with Crippen molar-refractivity contribution in [1.82, 2.24) is 0 Å². The minimum Gasteiger partial charge on any atom is -0.266 e. The summed E-state index contributed by atoms with van der Waals surface area (Å²) in [6.45, 7) is 0.550. The predicted octanol–water partition coefficient (Wildman–Crippen LogP) is 3.22. The normalized spacial score (nSPS) is 15.5.